The van der Waals surface area contributed by atoms with Crippen LogP contribution in [0.25, 0.3) is 0 Å². The first-order valence-corrected chi connectivity index (χ1v) is 9.03. The van der Waals surface area contributed by atoms with E-state index < -0.39 is 23.9 Å². The summed E-state index contributed by atoms with van der Waals surface area (Å²) >= 11 is 5.70. The smallest absolute Gasteiger partial charge is 0.426 e. The van der Waals surface area contributed by atoms with Crippen molar-refractivity contribution in [2.45, 2.75) is 31.7 Å². The Bertz CT molecular complexity index is 755. The van der Waals surface area contributed by atoms with Crippen LogP contribution in [0.2, 0.25) is 5.02 Å². The molecule has 3 N–H and O–H groups in total. The molecule has 1 aromatic heterocycles. The Kier molecular flexibility index (Phi) is 7.16. The summed E-state index contributed by atoms with van der Waals surface area (Å²) in [5, 5.41) is 12.8. The highest BCUT2D eigenvalue weighted by atomic mass is 35.5. The number of halogens is 1. The van der Waals surface area contributed by atoms with Crippen molar-refractivity contribution in [3.8, 4) is 0 Å². The molecule has 11 heteroatoms. The highest BCUT2D eigenvalue weighted by Gasteiger charge is 2.35. The molecule has 1 aromatic rings. The van der Waals surface area contributed by atoms with E-state index >= 15 is 0 Å². The number of pyridine rings is 1. The zero-order valence-corrected chi connectivity index (χ0v) is 16.3. The van der Waals surface area contributed by atoms with E-state index in [0.717, 1.165) is 0 Å². The van der Waals surface area contributed by atoms with Gasteiger partial charge in [0, 0.05) is 26.2 Å². The van der Waals surface area contributed by atoms with Gasteiger partial charge in [-0.25, -0.2) is 14.8 Å². The topological polar surface area (TPSA) is 132 Å². The molecule has 0 saturated heterocycles. The van der Waals surface area contributed by atoms with E-state index in [1.165, 1.54) is 23.2 Å². The fourth-order valence-corrected chi connectivity index (χ4v) is 3.18. The van der Waals surface area contributed by atoms with Gasteiger partial charge in [0.25, 0.3) is 0 Å². The number of amides is 4. The molecule has 1 aliphatic carbocycles. The molecular formula is C17H22ClN5O5. The third kappa shape index (κ3) is 5.56. The van der Waals surface area contributed by atoms with E-state index in [2.05, 4.69) is 15.7 Å². The first kappa shape index (κ1) is 21.4. The number of carbonyl (C=O) groups excluding carboxylic acids is 3. The predicted octanol–water partition coefficient (Wildman–Crippen LogP) is 1.33. The van der Waals surface area contributed by atoms with Crippen LogP contribution in [-0.2, 0) is 14.4 Å². The average Bonchev–Trinajstić information content (AvgIpc) is 2.66. The highest BCUT2D eigenvalue weighted by molar-refractivity contribution is 6.39. The molecule has 28 heavy (non-hydrogen) atoms. The fourth-order valence-electron chi connectivity index (χ4n) is 3.07. The number of hydrogen-bond donors (Lipinski definition) is 3. The molecule has 0 aromatic carbocycles. The Labute approximate surface area is 166 Å². The third-order valence-corrected chi connectivity index (χ3v) is 4.63. The minimum atomic E-state index is -1.41. The molecule has 10 nitrogen and oxygen atoms in total. The van der Waals surface area contributed by atoms with Crippen LogP contribution >= 0.6 is 11.6 Å². The van der Waals surface area contributed by atoms with Crippen molar-refractivity contribution in [1.82, 2.24) is 20.3 Å². The molecule has 1 heterocycles. The predicted molar refractivity (Wildman–Crippen MR) is 100 cm³/mol. The number of hydrogen-bond acceptors (Lipinski definition) is 5. The zero-order chi connectivity index (χ0) is 20.8. The number of aromatic nitrogens is 1. The molecule has 0 spiro atoms. The molecule has 0 bridgehead atoms. The zero-order valence-electron chi connectivity index (χ0n) is 15.5. The Balaban J connectivity index is 2.02. The molecule has 4 amide bonds. The fraction of sp³-hybridized carbons (Fsp3) is 0.471. The average molecular weight is 412 g/mol. The summed E-state index contributed by atoms with van der Waals surface area (Å²) in [6.07, 6.45) is 1.91. The van der Waals surface area contributed by atoms with E-state index in [9.17, 15) is 24.3 Å². The van der Waals surface area contributed by atoms with Crippen LogP contribution in [0.3, 0.4) is 0 Å². The number of nitrogens with one attached hydrogen (secondary N) is 2. The van der Waals surface area contributed by atoms with Crippen molar-refractivity contribution in [3.63, 3.8) is 0 Å². The SMILES string of the molecule is CN(C)C(=O)[C@H]1CCCC(N(NC(=O)C(=O)Nc2ccc(Cl)cn2)C(=O)O)C1. The lowest BCUT2D eigenvalue weighted by Gasteiger charge is -2.35. The molecule has 1 aliphatic rings. The summed E-state index contributed by atoms with van der Waals surface area (Å²) < 4.78 is 0. The van der Waals surface area contributed by atoms with Crippen molar-refractivity contribution in [2.24, 2.45) is 5.92 Å². The number of rotatable bonds is 3. The van der Waals surface area contributed by atoms with Gasteiger partial charge in [0.05, 0.1) is 11.1 Å². The second-order valence-electron chi connectivity index (χ2n) is 6.66. The van der Waals surface area contributed by atoms with E-state index in [0.29, 0.717) is 29.3 Å². The van der Waals surface area contributed by atoms with Crippen LogP contribution in [0.5, 0.6) is 0 Å². The van der Waals surface area contributed by atoms with Gasteiger partial charge in [0.1, 0.15) is 5.82 Å². The van der Waals surface area contributed by atoms with Gasteiger partial charge in [-0.3, -0.25) is 19.8 Å². The van der Waals surface area contributed by atoms with E-state index in [-0.39, 0.29) is 24.1 Å². The molecular weight excluding hydrogens is 390 g/mol. The van der Waals surface area contributed by atoms with Crippen LogP contribution in [0.15, 0.2) is 18.3 Å². The maximum atomic E-state index is 12.2. The molecule has 152 valence electrons. The van der Waals surface area contributed by atoms with Gasteiger partial charge in [-0.15, -0.1) is 0 Å². The van der Waals surface area contributed by atoms with E-state index in [4.69, 9.17) is 11.6 Å². The second kappa shape index (κ2) is 9.36. The van der Waals surface area contributed by atoms with E-state index in [1.54, 1.807) is 14.1 Å². The highest BCUT2D eigenvalue weighted by Crippen LogP contribution is 2.28. The first-order valence-electron chi connectivity index (χ1n) is 8.66. The van der Waals surface area contributed by atoms with Crippen LogP contribution in [0, 0.1) is 5.92 Å². The van der Waals surface area contributed by atoms with Gasteiger partial charge in [0.2, 0.25) is 5.91 Å². The Morgan fingerprint density at radius 2 is 1.89 bits per heavy atom. The molecule has 2 rings (SSSR count). The number of hydrazine groups is 1. The van der Waals surface area contributed by atoms with E-state index in [1.807, 2.05) is 0 Å². The Morgan fingerprint density at radius 1 is 1.18 bits per heavy atom. The van der Waals surface area contributed by atoms with Crippen molar-refractivity contribution in [3.05, 3.63) is 23.4 Å². The largest absolute Gasteiger partial charge is 0.464 e. The second-order valence-corrected chi connectivity index (χ2v) is 7.10. The lowest BCUT2D eigenvalue weighted by atomic mass is 9.84. The number of nitrogens with zero attached hydrogens (tertiary/aromatic N) is 3. The maximum absolute atomic E-state index is 12.2. The lowest BCUT2D eigenvalue weighted by molar-refractivity contribution is -0.140. The minimum absolute atomic E-state index is 0.0899. The number of anilines is 1. The Hall–Kier alpha value is -2.88. The standard InChI is InChI=1S/C17H22ClN5O5/c1-22(2)16(26)10-4-3-5-12(8-10)23(17(27)28)21-15(25)14(24)20-13-7-6-11(18)9-19-13/h6-7,9-10,12H,3-5,8H2,1-2H3,(H,21,25)(H,27,28)(H,19,20,24)/t10-,12?/m0/s1. The lowest BCUT2D eigenvalue weighted by Crippen LogP contribution is -2.55. The van der Waals surface area contributed by atoms with Gasteiger partial charge in [-0.1, -0.05) is 18.0 Å². The minimum Gasteiger partial charge on any atom is -0.464 e. The van der Waals surface area contributed by atoms with Crippen LogP contribution in [0.1, 0.15) is 25.7 Å². The Morgan fingerprint density at radius 3 is 2.46 bits per heavy atom. The molecule has 0 aliphatic heterocycles. The number of carboxylic acid groups (broad SMARTS) is 1. The van der Waals surface area contributed by atoms with Crippen LogP contribution < -0.4 is 10.7 Å². The van der Waals surface area contributed by atoms with Crippen LogP contribution in [0.4, 0.5) is 10.6 Å². The van der Waals surface area contributed by atoms with Gasteiger partial charge in [-0.2, -0.15) is 0 Å². The molecule has 1 saturated carbocycles. The van der Waals surface area contributed by atoms with Gasteiger partial charge < -0.3 is 15.3 Å². The molecule has 1 fully saturated rings. The van der Waals surface area contributed by atoms with Crippen molar-refractivity contribution in [1.29, 1.82) is 0 Å². The summed E-state index contributed by atoms with van der Waals surface area (Å²) in [4.78, 5) is 53.3. The molecule has 0 radical (unpaired) electrons. The summed E-state index contributed by atoms with van der Waals surface area (Å²) in [5.74, 6) is -2.55. The van der Waals surface area contributed by atoms with Gasteiger partial charge >= 0.3 is 17.9 Å². The first-order chi connectivity index (χ1) is 13.2. The summed E-state index contributed by atoms with van der Waals surface area (Å²) in [7, 11) is 3.27. The number of carbonyl (C=O) groups is 4. The van der Waals surface area contributed by atoms with Gasteiger partial charge in [0.15, 0.2) is 0 Å². The molecule has 1 unspecified atom stereocenters. The summed E-state index contributed by atoms with van der Waals surface area (Å²) in [5.41, 5.74) is 2.11. The molecule has 2 atom stereocenters. The van der Waals surface area contributed by atoms with Gasteiger partial charge in [-0.05, 0) is 31.4 Å². The monoisotopic (exact) mass is 411 g/mol. The van der Waals surface area contributed by atoms with Crippen molar-refractivity contribution >= 4 is 41.2 Å². The quantitative estimate of drug-likeness (QED) is 0.507. The normalized spacial score (nSPS) is 18.7. The summed E-state index contributed by atoms with van der Waals surface area (Å²) in [6, 6.07) is 2.28. The maximum Gasteiger partial charge on any atom is 0.426 e. The summed E-state index contributed by atoms with van der Waals surface area (Å²) in [6.45, 7) is 0. The third-order valence-electron chi connectivity index (χ3n) is 4.40. The van der Waals surface area contributed by atoms with Crippen LogP contribution in [-0.4, -0.2) is 64.0 Å². The van der Waals surface area contributed by atoms with Crippen molar-refractivity contribution in [2.75, 3.05) is 19.4 Å². The van der Waals surface area contributed by atoms with Crippen molar-refractivity contribution < 1.29 is 24.3 Å².